The molecule has 5 heteroatoms. The maximum absolute atomic E-state index is 12.0. The smallest absolute Gasteiger partial charge is 0.306 e. The summed E-state index contributed by atoms with van der Waals surface area (Å²) < 4.78 is 4.96. The van der Waals surface area contributed by atoms with Crippen molar-refractivity contribution in [2.75, 3.05) is 19.7 Å². The molecule has 0 bridgehead atoms. The first-order chi connectivity index (χ1) is 11.3. The van der Waals surface area contributed by atoms with Gasteiger partial charge in [0.1, 0.15) is 0 Å². The van der Waals surface area contributed by atoms with Gasteiger partial charge in [0, 0.05) is 25.1 Å². The van der Waals surface area contributed by atoms with E-state index < -0.39 is 5.97 Å². The van der Waals surface area contributed by atoms with E-state index in [1.54, 1.807) is 17.0 Å². The molecule has 0 aliphatic carbocycles. The molecule has 0 aliphatic heterocycles. The average Bonchev–Trinajstić information content (AvgIpc) is 2.55. The van der Waals surface area contributed by atoms with Gasteiger partial charge in [-0.05, 0) is 20.8 Å². The molecule has 0 saturated heterocycles. The molecule has 1 amide bonds. The quantitative estimate of drug-likeness (QED) is 0.396. The van der Waals surface area contributed by atoms with Crippen molar-refractivity contribution >= 4 is 17.7 Å². The summed E-state index contributed by atoms with van der Waals surface area (Å²) in [5.41, 5.74) is 2.50. The second kappa shape index (κ2) is 9.65. The Morgan fingerprint density at radius 1 is 1.12 bits per heavy atom. The first-order valence-corrected chi connectivity index (χ1v) is 8.01. The maximum atomic E-state index is 12.0. The van der Waals surface area contributed by atoms with Crippen LogP contribution >= 0.6 is 0 Å². The Morgan fingerprint density at radius 3 is 2.29 bits per heavy atom. The lowest BCUT2D eigenvalue weighted by Gasteiger charge is -2.20. The van der Waals surface area contributed by atoms with Crippen molar-refractivity contribution < 1.29 is 19.1 Å². The molecule has 0 N–H and O–H groups in total. The molecule has 0 fully saturated rings. The van der Waals surface area contributed by atoms with Gasteiger partial charge in [0.05, 0.1) is 6.42 Å². The highest BCUT2D eigenvalue weighted by atomic mass is 16.5. The first kappa shape index (κ1) is 19.6. The predicted molar refractivity (Wildman–Crippen MR) is 92.8 cm³/mol. The van der Waals surface area contributed by atoms with Crippen molar-refractivity contribution in [3.63, 3.8) is 0 Å². The van der Waals surface area contributed by atoms with E-state index in [0.717, 1.165) is 11.1 Å². The molecule has 0 unspecified atom stereocenters. The number of ether oxygens (including phenoxy) is 1. The van der Waals surface area contributed by atoms with E-state index in [4.69, 9.17) is 4.74 Å². The fourth-order valence-electron chi connectivity index (χ4n) is 2.11. The number of aryl methyl sites for hydroxylation is 1. The summed E-state index contributed by atoms with van der Waals surface area (Å²) in [6.07, 6.45) is 0.0337. The molecule has 0 heterocycles. The molecule has 0 atom stereocenters. The van der Waals surface area contributed by atoms with Crippen LogP contribution in [0.4, 0.5) is 0 Å². The molecule has 0 saturated carbocycles. The molecule has 0 spiro atoms. The van der Waals surface area contributed by atoms with Gasteiger partial charge in [0.2, 0.25) is 0 Å². The van der Waals surface area contributed by atoms with Gasteiger partial charge >= 0.3 is 5.97 Å². The van der Waals surface area contributed by atoms with Crippen molar-refractivity contribution in [2.24, 2.45) is 0 Å². The van der Waals surface area contributed by atoms with Crippen LogP contribution in [0.25, 0.3) is 0 Å². The number of carbonyl (C=O) groups is 3. The highest BCUT2D eigenvalue weighted by Crippen LogP contribution is 2.08. The monoisotopic (exact) mass is 331 g/mol. The van der Waals surface area contributed by atoms with Crippen molar-refractivity contribution in [3.8, 4) is 0 Å². The third-order valence-corrected chi connectivity index (χ3v) is 3.48. The number of nitrogens with zero attached hydrogens (tertiary/aromatic N) is 1. The van der Waals surface area contributed by atoms with Gasteiger partial charge in [-0.25, -0.2) is 0 Å². The highest BCUT2D eigenvalue weighted by molar-refractivity contribution is 5.97. The van der Waals surface area contributed by atoms with Crippen molar-refractivity contribution in [1.29, 1.82) is 0 Å². The van der Waals surface area contributed by atoms with E-state index in [2.05, 4.69) is 6.58 Å². The fraction of sp³-hybridized carbons (Fsp3) is 0.421. The van der Waals surface area contributed by atoms with Crippen LogP contribution < -0.4 is 0 Å². The van der Waals surface area contributed by atoms with E-state index in [0.29, 0.717) is 18.7 Å². The SMILES string of the molecule is C=C(C)CN(CC)C(=O)COC(=O)CCC(=O)c1ccc(C)cc1. The minimum atomic E-state index is -0.546. The van der Waals surface area contributed by atoms with Gasteiger partial charge in [-0.15, -0.1) is 0 Å². The lowest BCUT2D eigenvalue weighted by atomic mass is 10.1. The van der Waals surface area contributed by atoms with Gasteiger partial charge in [0.25, 0.3) is 5.91 Å². The number of ketones is 1. The van der Waals surface area contributed by atoms with Crippen LogP contribution in [0.5, 0.6) is 0 Å². The number of carbonyl (C=O) groups excluding carboxylic acids is 3. The predicted octanol–water partition coefficient (Wildman–Crippen LogP) is 2.93. The van der Waals surface area contributed by atoms with Gasteiger partial charge in [0.15, 0.2) is 12.4 Å². The Hall–Kier alpha value is -2.43. The molecule has 0 aromatic heterocycles. The normalized spacial score (nSPS) is 10.1. The Balaban J connectivity index is 2.38. The fourth-order valence-corrected chi connectivity index (χ4v) is 2.11. The van der Waals surface area contributed by atoms with Gasteiger partial charge in [-0.2, -0.15) is 0 Å². The van der Waals surface area contributed by atoms with Crippen LogP contribution in [-0.4, -0.2) is 42.3 Å². The average molecular weight is 331 g/mol. The van der Waals surface area contributed by atoms with Crippen LogP contribution in [0.15, 0.2) is 36.4 Å². The Labute approximate surface area is 143 Å². The van der Waals surface area contributed by atoms with E-state index >= 15 is 0 Å². The van der Waals surface area contributed by atoms with Crippen LogP contribution in [-0.2, 0) is 14.3 Å². The minimum absolute atomic E-state index is 0.0351. The summed E-state index contributed by atoms with van der Waals surface area (Å²) in [5, 5.41) is 0. The second-order valence-electron chi connectivity index (χ2n) is 5.81. The number of hydrogen-bond acceptors (Lipinski definition) is 4. The topological polar surface area (TPSA) is 63.7 Å². The summed E-state index contributed by atoms with van der Waals surface area (Å²) in [6.45, 7) is 10.0. The number of Topliss-reactive ketones (excluding diaryl/α,β-unsaturated/α-hetero) is 1. The minimum Gasteiger partial charge on any atom is -0.456 e. The Kier molecular flexibility index (Phi) is 7.89. The Bertz CT molecular complexity index is 604. The third-order valence-electron chi connectivity index (χ3n) is 3.48. The highest BCUT2D eigenvalue weighted by Gasteiger charge is 2.15. The standard InChI is InChI=1S/C19H25NO4/c1-5-20(12-14(2)3)18(22)13-24-19(23)11-10-17(21)16-8-6-15(4)7-9-16/h6-9H,2,5,10-13H2,1,3-4H3. The number of esters is 1. The maximum Gasteiger partial charge on any atom is 0.306 e. The number of amides is 1. The molecule has 130 valence electrons. The second-order valence-corrected chi connectivity index (χ2v) is 5.81. The Morgan fingerprint density at radius 2 is 1.75 bits per heavy atom. The van der Waals surface area contributed by atoms with Crippen molar-refractivity contribution in [3.05, 3.63) is 47.5 Å². The summed E-state index contributed by atoms with van der Waals surface area (Å²) in [5.74, 6) is -0.926. The molecular weight excluding hydrogens is 306 g/mol. The van der Waals surface area contributed by atoms with Crippen LogP contribution in [0.3, 0.4) is 0 Å². The zero-order valence-corrected chi connectivity index (χ0v) is 14.6. The number of rotatable bonds is 9. The number of benzene rings is 1. The largest absolute Gasteiger partial charge is 0.456 e. The molecule has 1 aromatic carbocycles. The lowest BCUT2D eigenvalue weighted by Crippen LogP contribution is -2.35. The van der Waals surface area contributed by atoms with Gasteiger partial charge in [-0.1, -0.05) is 42.0 Å². The summed E-state index contributed by atoms with van der Waals surface area (Å²) in [4.78, 5) is 37.2. The molecule has 24 heavy (non-hydrogen) atoms. The van der Waals surface area contributed by atoms with Crippen LogP contribution in [0, 0.1) is 6.92 Å². The third kappa shape index (κ3) is 6.77. The van der Waals surface area contributed by atoms with Crippen LogP contribution in [0.2, 0.25) is 0 Å². The summed E-state index contributed by atoms with van der Waals surface area (Å²) in [6, 6.07) is 7.18. The number of hydrogen-bond donors (Lipinski definition) is 0. The molecular formula is C19H25NO4. The van der Waals surface area contributed by atoms with Crippen molar-refractivity contribution in [2.45, 2.75) is 33.6 Å². The molecule has 1 aromatic rings. The van der Waals surface area contributed by atoms with Gasteiger partial charge in [-0.3, -0.25) is 14.4 Å². The molecule has 1 rings (SSSR count). The van der Waals surface area contributed by atoms with Crippen LogP contribution in [0.1, 0.15) is 42.6 Å². The van der Waals surface area contributed by atoms with Gasteiger partial charge < -0.3 is 9.64 Å². The summed E-state index contributed by atoms with van der Waals surface area (Å²) in [7, 11) is 0. The van der Waals surface area contributed by atoms with E-state index in [1.807, 2.05) is 32.9 Å². The van der Waals surface area contributed by atoms with Crippen molar-refractivity contribution in [1.82, 2.24) is 4.90 Å². The van der Waals surface area contributed by atoms with E-state index in [-0.39, 0.29) is 31.1 Å². The first-order valence-electron chi connectivity index (χ1n) is 8.01. The lowest BCUT2D eigenvalue weighted by molar-refractivity contribution is -0.151. The molecule has 0 radical (unpaired) electrons. The zero-order valence-electron chi connectivity index (χ0n) is 14.6. The van der Waals surface area contributed by atoms with E-state index in [1.165, 1.54) is 0 Å². The zero-order chi connectivity index (χ0) is 18.1. The summed E-state index contributed by atoms with van der Waals surface area (Å²) >= 11 is 0. The molecule has 5 nitrogen and oxygen atoms in total. The number of likely N-dealkylation sites (N-methyl/N-ethyl adjacent to an activating group) is 1. The van der Waals surface area contributed by atoms with E-state index in [9.17, 15) is 14.4 Å². The molecule has 0 aliphatic rings.